The molecule has 0 radical (unpaired) electrons. The van der Waals surface area contributed by atoms with Gasteiger partial charge in [-0.25, -0.2) is 13.4 Å². The summed E-state index contributed by atoms with van der Waals surface area (Å²) in [6.07, 6.45) is 3.97. The first-order valence-corrected chi connectivity index (χ1v) is 11.9. The van der Waals surface area contributed by atoms with Crippen molar-refractivity contribution in [1.29, 1.82) is 0 Å². The number of sulfonamides is 1. The summed E-state index contributed by atoms with van der Waals surface area (Å²) in [5, 5.41) is 2.68. The number of aromatic nitrogens is 1. The molecular formula is C22H26N4O4S. The molecule has 2 aromatic rings. The molecule has 2 amide bonds. The minimum atomic E-state index is -3.57. The van der Waals surface area contributed by atoms with Crippen LogP contribution in [0.2, 0.25) is 0 Å². The zero-order valence-corrected chi connectivity index (χ0v) is 18.3. The van der Waals surface area contributed by atoms with Crippen LogP contribution in [0.15, 0.2) is 47.5 Å². The van der Waals surface area contributed by atoms with Gasteiger partial charge in [-0.05, 0) is 61.1 Å². The summed E-state index contributed by atoms with van der Waals surface area (Å²) >= 11 is 0. The van der Waals surface area contributed by atoms with Crippen LogP contribution in [0.3, 0.4) is 0 Å². The van der Waals surface area contributed by atoms with Crippen LogP contribution < -0.4 is 10.2 Å². The van der Waals surface area contributed by atoms with Gasteiger partial charge >= 0.3 is 0 Å². The standard InChI is InChI=1S/C22H26N4O4S/c1-16-9-12-25(13-10-16)31(29,30)18-6-7-19-17(14-18)5-8-22(28)26(19)15-21(27)24-20-4-2-3-11-23-20/h2-4,6-7,11,14,16H,5,8-10,12-13,15H2,1H3,(H,23,24,27). The molecule has 1 fully saturated rings. The van der Waals surface area contributed by atoms with E-state index in [9.17, 15) is 18.0 Å². The summed E-state index contributed by atoms with van der Waals surface area (Å²) in [5.41, 5.74) is 1.34. The van der Waals surface area contributed by atoms with E-state index in [-0.39, 0.29) is 29.7 Å². The van der Waals surface area contributed by atoms with Crippen LogP contribution >= 0.6 is 0 Å². The Morgan fingerprint density at radius 3 is 2.65 bits per heavy atom. The lowest BCUT2D eigenvalue weighted by Gasteiger charge is -2.31. The number of fused-ring (bicyclic) bond motifs is 1. The number of pyridine rings is 1. The summed E-state index contributed by atoms with van der Waals surface area (Å²) in [4.78, 5) is 30.7. The van der Waals surface area contributed by atoms with Crippen LogP contribution in [0.4, 0.5) is 11.5 Å². The second kappa shape index (κ2) is 8.76. The average Bonchev–Trinajstić information content (AvgIpc) is 2.76. The fraction of sp³-hybridized carbons (Fsp3) is 0.409. The summed E-state index contributed by atoms with van der Waals surface area (Å²) in [6.45, 7) is 3.04. The topological polar surface area (TPSA) is 99.7 Å². The number of rotatable bonds is 5. The van der Waals surface area contributed by atoms with Crippen LogP contribution in [-0.4, -0.2) is 49.2 Å². The van der Waals surface area contributed by atoms with Crippen molar-refractivity contribution < 1.29 is 18.0 Å². The Hall–Kier alpha value is -2.78. The van der Waals surface area contributed by atoms with E-state index in [1.54, 1.807) is 40.8 Å². The predicted octanol–water partition coefficient (Wildman–Crippen LogP) is 2.42. The lowest BCUT2D eigenvalue weighted by atomic mass is 10.0. The smallest absolute Gasteiger partial charge is 0.245 e. The van der Waals surface area contributed by atoms with Crippen molar-refractivity contribution in [2.45, 2.75) is 37.5 Å². The maximum Gasteiger partial charge on any atom is 0.245 e. The Morgan fingerprint density at radius 2 is 1.94 bits per heavy atom. The molecule has 0 aliphatic carbocycles. The first-order chi connectivity index (χ1) is 14.8. The van der Waals surface area contributed by atoms with Crippen molar-refractivity contribution in [3.8, 4) is 0 Å². The first-order valence-electron chi connectivity index (χ1n) is 10.5. The zero-order chi connectivity index (χ0) is 22.0. The van der Waals surface area contributed by atoms with Gasteiger partial charge in [-0.2, -0.15) is 4.31 Å². The molecule has 0 bridgehead atoms. The maximum atomic E-state index is 13.1. The second-order valence-corrected chi connectivity index (χ2v) is 10.1. The van der Waals surface area contributed by atoms with E-state index in [0.29, 0.717) is 36.9 Å². The van der Waals surface area contributed by atoms with E-state index in [4.69, 9.17) is 0 Å². The first kappa shape index (κ1) is 21.5. The van der Waals surface area contributed by atoms with E-state index < -0.39 is 10.0 Å². The van der Waals surface area contributed by atoms with Gasteiger partial charge < -0.3 is 10.2 Å². The summed E-state index contributed by atoms with van der Waals surface area (Å²) in [6, 6.07) is 10.0. The number of nitrogens with one attached hydrogen (secondary N) is 1. The highest BCUT2D eigenvalue weighted by Gasteiger charge is 2.31. The van der Waals surface area contributed by atoms with Crippen molar-refractivity contribution in [1.82, 2.24) is 9.29 Å². The Balaban J connectivity index is 1.53. The highest BCUT2D eigenvalue weighted by Crippen LogP contribution is 2.32. The number of carbonyl (C=O) groups excluding carboxylic acids is 2. The van der Waals surface area contributed by atoms with Crippen LogP contribution in [0.5, 0.6) is 0 Å². The summed E-state index contributed by atoms with van der Waals surface area (Å²) in [5.74, 6) is 0.421. The van der Waals surface area contributed by atoms with Gasteiger partial charge in [-0.3, -0.25) is 9.59 Å². The Morgan fingerprint density at radius 1 is 1.16 bits per heavy atom. The average molecular weight is 443 g/mol. The number of nitrogens with zero attached hydrogens (tertiary/aromatic N) is 3. The number of benzene rings is 1. The van der Waals surface area contributed by atoms with Gasteiger partial charge in [0.2, 0.25) is 21.8 Å². The Kier molecular flexibility index (Phi) is 6.06. The van der Waals surface area contributed by atoms with Crippen molar-refractivity contribution in [2.24, 2.45) is 5.92 Å². The molecule has 2 aliphatic heterocycles. The highest BCUT2D eigenvalue weighted by atomic mass is 32.2. The SMILES string of the molecule is CC1CCN(S(=O)(=O)c2ccc3c(c2)CCC(=O)N3CC(=O)Nc2ccccn2)CC1. The molecule has 31 heavy (non-hydrogen) atoms. The highest BCUT2D eigenvalue weighted by molar-refractivity contribution is 7.89. The summed E-state index contributed by atoms with van der Waals surface area (Å²) in [7, 11) is -3.57. The second-order valence-electron chi connectivity index (χ2n) is 8.12. The van der Waals surface area contributed by atoms with Gasteiger partial charge in [0, 0.05) is 31.4 Å². The molecule has 4 rings (SSSR count). The van der Waals surface area contributed by atoms with Gasteiger partial charge in [-0.1, -0.05) is 13.0 Å². The molecule has 0 atom stereocenters. The predicted molar refractivity (Wildman–Crippen MR) is 117 cm³/mol. The van der Waals surface area contributed by atoms with Crippen molar-refractivity contribution in [2.75, 3.05) is 29.9 Å². The van der Waals surface area contributed by atoms with Crippen molar-refractivity contribution in [3.05, 3.63) is 48.2 Å². The zero-order valence-electron chi connectivity index (χ0n) is 17.5. The van der Waals surface area contributed by atoms with E-state index in [1.165, 1.54) is 11.0 Å². The van der Waals surface area contributed by atoms with E-state index in [2.05, 4.69) is 17.2 Å². The third kappa shape index (κ3) is 4.62. The molecule has 0 saturated carbocycles. The molecule has 8 nitrogen and oxygen atoms in total. The molecule has 0 unspecified atom stereocenters. The number of carbonyl (C=O) groups is 2. The van der Waals surface area contributed by atoms with Crippen molar-refractivity contribution in [3.63, 3.8) is 0 Å². The number of amides is 2. The number of piperidine rings is 1. The van der Waals surface area contributed by atoms with Gasteiger partial charge in [-0.15, -0.1) is 0 Å². The lowest BCUT2D eigenvalue weighted by Crippen LogP contribution is -2.41. The van der Waals surface area contributed by atoms with E-state index in [0.717, 1.165) is 18.4 Å². The molecule has 1 aromatic heterocycles. The number of hydrogen-bond acceptors (Lipinski definition) is 5. The molecule has 0 spiro atoms. The van der Waals surface area contributed by atoms with Crippen LogP contribution in [0.1, 0.15) is 31.7 Å². The van der Waals surface area contributed by atoms with E-state index in [1.807, 2.05) is 0 Å². The Bertz CT molecular complexity index is 1080. The molecule has 1 saturated heterocycles. The molecular weight excluding hydrogens is 416 g/mol. The molecule has 1 aromatic carbocycles. The lowest BCUT2D eigenvalue weighted by molar-refractivity contribution is -0.121. The fourth-order valence-electron chi connectivity index (χ4n) is 4.01. The maximum absolute atomic E-state index is 13.1. The normalized spacial score (nSPS) is 18.0. The quantitative estimate of drug-likeness (QED) is 0.767. The molecule has 9 heteroatoms. The minimum Gasteiger partial charge on any atom is -0.309 e. The molecule has 2 aliphatic rings. The van der Waals surface area contributed by atoms with Gasteiger partial charge in [0.25, 0.3) is 0 Å². The van der Waals surface area contributed by atoms with Crippen LogP contribution in [0, 0.1) is 5.92 Å². The van der Waals surface area contributed by atoms with Gasteiger partial charge in [0.1, 0.15) is 12.4 Å². The monoisotopic (exact) mass is 442 g/mol. The number of aryl methyl sites for hydroxylation is 1. The van der Waals surface area contributed by atoms with Crippen LogP contribution in [0.25, 0.3) is 0 Å². The summed E-state index contributed by atoms with van der Waals surface area (Å²) < 4.78 is 27.7. The molecule has 1 N–H and O–H groups in total. The van der Waals surface area contributed by atoms with Gasteiger partial charge in [0.15, 0.2) is 0 Å². The fourth-order valence-corrected chi connectivity index (χ4v) is 5.53. The van der Waals surface area contributed by atoms with Crippen molar-refractivity contribution >= 4 is 33.3 Å². The Labute approximate surface area is 182 Å². The van der Waals surface area contributed by atoms with E-state index >= 15 is 0 Å². The van der Waals surface area contributed by atoms with Gasteiger partial charge in [0.05, 0.1) is 4.90 Å². The third-order valence-electron chi connectivity index (χ3n) is 5.87. The number of hydrogen-bond donors (Lipinski definition) is 1. The number of anilines is 2. The molecule has 164 valence electrons. The third-order valence-corrected chi connectivity index (χ3v) is 7.76. The molecule has 3 heterocycles. The largest absolute Gasteiger partial charge is 0.309 e. The van der Waals surface area contributed by atoms with Crippen LogP contribution in [-0.2, 0) is 26.0 Å². The minimum absolute atomic E-state index is 0.154.